The summed E-state index contributed by atoms with van der Waals surface area (Å²) in [6.45, 7) is 0.420. The third-order valence-corrected chi connectivity index (χ3v) is 8.76. The molecule has 0 unspecified atom stereocenters. The van der Waals surface area contributed by atoms with Crippen molar-refractivity contribution in [1.82, 2.24) is 25.4 Å². The molecule has 2 heterocycles. The van der Waals surface area contributed by atoms with Gasteiger partial charge in [-0.3, -0.25) is 19.4 Å². The van der Waals surface area contributed by atoms with Gasteiger partial charge in [0.2, 0.25) is 17.7 Å². The van der Waals surface area contributed by atoms with E-state index in [1.165, 1.54) is 0 Å². The smallest absolute Gasteiger partial charge is 0.340 e. The number of primary amides is 2. The van der Waals surface area contributed by atoms with Crippen LogP contribution in [0.3, 0.4) is 0 Å². The summed E-state index contributed by atoms with van der Waals surface area (Å²) in [5, 5.41) is 19.6. The van der Waals surface area contributed by atoms with Crippen molar-refractivity contribution in [2.45, 2.75) is 49.6 Å². The fraction of sp³-hybridized carbons (Fsp3) is 0.379. The van der Waals surface area contributed by atoms with Crippen molar-refractivity contribution in [1.29, 1.82) is 5.26 Å². The van der Waals surface area contributed by atoms with E-state index in [0.717, 1.165) is 35.1 Å². The van der Waals surface area contributed by atoms with Crippen LogP contribution in [0.5, 0.6) is 0 Å². The summed E-state index contributed by atoms with van der Waals surface area (Å²) < 4.78 is 0. The van der Waals surface area contributed by atoms with Gasteiger partial charge in [0.05, 0.1) is 18.0 Å². The number of nitrogens with one attached hydrogen (secondary N) is 3. The highest BCUT2D eigenvalue weighted by Crippen LogP contribution is 2.48. The Hall–Kier alpha value is -4.76. The average molecular weight is 555 g/mol. The summed E-state index contributed by atoms with van der Waals surface area (Å²) in [6, 6.07) is 12.5. The number of nitrogens with zero attached hydrogens (tertiary/aromatic N) is 3. The molecule has 3 aromatic rings. The van der Waals surface area contributed by atoms with Crippen molar-refractivity contribution in [2.75, 3.05) is 13.1 Å². The van der Waals surface area contributed by atoms with E-state index >= 15 is 0 Å². The van der Waals surface area contributed by atoms with E-state index in [1.54, 1.807) is 29.2 Å². The Morgan fingerprint density at radius 3 is 2.22 bits per heavy atom. The van der Waals surface area contributed by atoms with Crippen molar-refractivity contribution in [3.8, 4) is 6.07 Å². The number of H-pyrrole nitrogens is 2. The van der Waals surface area contributed by atoms with Crippen LogP contribution in [-0.4, -0.2) is 63.0 Å². The van der Waals surface area contributed by atoms with E-state index in [2.05, 4.69) is 26.6 Å². The molecule has 2 aromatic carbocycles. The minimum absolute atomic E-state index is 0.0650. The topological polar surface area (TPSA) is 204 Å². The number of likely N-dealkylation sites (tertiary alicyclic amines) is 1. The van der Waals surface area contributed by atoms with Crippen LogP contribution in [0.1, 0.15) is 68.1 Å². The first-order chi connectivity index (χ1) is 19.7. The molecule has 0 bridgehead atoms. The van der Waals surface area contributed by atoms with Gasteiger partial charge in [0.25, 0.3) is 0 Å². The average Bonchev–Trinajstić information content (AvgIpc) is 3.45. The molecule has 1 saturated heterocycles. The molecular formula is C29H30N8O4. The van der Waals surface area contributed by atoms with Gasteiger partial charge >= 0.3 is 5.69 Å². The lowest BCUT2D eigenvalue weighted by Gasteiger charge is -2.35. The predicted octanol–water partition coefficient (Wildman–Crippen LogP) is 0.221. The van der Waals surface area contributed by atoms with Crippen LogP contribution in [0.25, 0.3) is 0 Å². The van der Waals surface area contributed by atoms with Gasteiger partial charge in [0, 0.05) is 17.2 Å². The number of benzene rings is 2. The van der Waals surface area contributed by atoms with Gasteiger partial charge in [-0.1, -0.05) is 12.1 Å². The van der Waals surface area contributed by atoms with Crippen LogP contribution in [0.4, 0.5) is 0 Å². The molecule has 41 heavy (non-hydrogen) atoms. The number of carbonyl (C=O) groups excluding carboxylic acids is 3. The zero-order valence-corrected chi connectivity index (χ0v) is 22.3. The standard InChI is InChI=1S/C29H30N8O4/c30-13-20-11-19-12-23(19)37(20)24(38)14-33-8-7-29(27-34-28(41)36-35-27)21-5-3-17(25(31)39)9-15(21)1-2-16-10-18(26(32)40)4-6-22(16)29/h3-6,9-10,19-20,23,33H,1-2,7-8,11-12,14H2,(H2,31,39)(H2,32,40)(H2,34,35,36,41)/t19-,20+,23+/m1/s1. The number of piperidine rings is 1. The third-order valence-electron chi connectivity index (χ3n) is 8.76. The van der Waals surface area contributed by atoms with Crippen LogP contribution >= 0.6 is 0 Å². The first-order valence-corrected chi connectivity index (χ1v) is 13.7. The van der Waals surface area contributed by atoms with Crippen LogP contribution in [0, 0.1) is 17.2 Å². The molecule has 3 amide bonds. The van der Waals surface area contributed by atoms with Gasteiger partial charge < -0.3 is 21.7 Å². The Bertz CT molecular complexity index is 1600. The summed E-state index contributed by atoms with van der Waals surface area (Å²) in [5.74, 6) is -0.427. The third kappa shape index (κ3) is 4.48. The number of hydrogen-bond donors (Lipinski definition) is 5. The minimum Gasteiger partial charge on any atom is -0.366 e. The number of aryl methyl sites for hydroxylation is 2. The maximum absolute atomic E-state index is 13.1. The maximum Gasteiger partial charge on any atom is 0.340 e. The lowest BCUT2D eigenvalue weighted by molar-refractivity contribution is -0.131. The van der Waals surface area contributed by atoms with Gasteiger partial charge in [-0.05, 0) is 91.1 Å². The van der Waals surface area contributed by atoms with E-state index < -0.39 is 22.9 Å². The highest BCUT2D eigenvalue weighted by molar-refractivity contribution is 5.94. The Morgan fingerprint density at radius 1 is 1.05 bits per heavy atom. The maximum atomic E-state index is 13.1. The van der Waals surface area contributed by atoms with E-state index in [0.29, 0.717) is 48.7 Å². The highest BCUT2D eigenvalue weighted by atomic mass is 16.2. The molecular weight excluding hydrogens is 524 g/mol. The number of aromatic nitrogens is 3. The molecule has 210 valence electrons. The van der Waals surface area contributed by atoms with Crippen LogP contribution in [0.15, 0.2) is 41.2 Å². The second-order valence-electron chi connectivity index (χ2n) is 11.1. The highest BCUT2D eigenvalue weighted by Gasteiger charge is 2.54. The number of nitrogens with two attached hydrogens (primary N) is 2. The lowest BCUT2D eigenvalue weighted by Crippen LogP contribution is -2.44. The van der Waals surface area contributed by atoms with E-state index in [4.69, 9.17) is 11.5 Å². The summed E-state index contributed by atoms with van der Waals surface area (Å²) in [6.07, 6.45) is 3.15. The fourth-order valence-electron chi connectivity index (χ4n) is 6.76. The molecule has 6 rings (SSSR count). The summed E-state index contributed by atoms with van der Waals surface area (Å²) in [4.78, 5) is 54.1. The van der Waals surface area contributed by atoms with Gasteiger partial charge in [0.15, 0.2) is 0 Å². The number of carbonyl (C=O) groups is 3. The lowest BCUT2D eigenvalue weighted by atomic mass is 9.69. The number of rotatable bonds is 8. The second kappa shape index (κ2) is 10.0. The molecule has 0 radical (unpaired) electrons. The number of aromatic amines is 2. The van der Waals surface area contributed by atoms with Crippen LogP contribution in [-0.2, 0) is 23.1 Å². The first kappa shape index (κ1) is 26.5. The molecule has 1 aliphatic heterocycles. The molecule has 2 aliphatic carbocycles. The van der Waals surface area contributed by atoms with Crippen molar-refractivity contribution >= 4 is 17.7 Å². The first-order valence-electron chi connectivity index (χ1n) is 13.7. The van der Waals surface area contributed by atoms with Crippen molar-refractivity contribution < 1.29 is 14.4 Å². The fourth-order valence-corrected chi connectivity index (χ4v) is 6.76. The quantitative estimate of drug-likeness (QED) is 0.245. The van der Waals surface area contributed by atoms with Crippen LogP contribution < -0.4 is 22.5 Å². The number of amides is 3. The molecule has 12 heteroatoms. The molecule has 3 atom stereocenters. The Morgan fingerprint density at radius 2 is 1.68 bits per heavy atom. The molecule has 1 aromatic heterocycles. The van der Waals surface area contributed by atoms with E-state index in [-0.39, 0.29) is 24.5 Å². The SMILES string of the molecule is N#C[C@@H]1C[C@@H]2C[C@@H]2N1C(=O)CNCCC1(c2n[nH]c(=O)[nH]2)c2ccc(C(N)=O)cc2CCc2cc(C(N)=O)ccc21. The summed E-state index contributed by atoms with van der Waals surface area (Å²) in [7, 11) is 0. The summed E-state index contributed by atoms with van der Waals surface area (Å²) in [5.41, 5.74) is 13.8. The van der Waals surface area contributed by atoms with E-state index in [9.17, 15) is 24.4 Å². The van der Waals surface area contributed by atoms with Gasteiger partial charge in [-0.2, -0.15) is 10.4 Å². The van der Waals surface area contributed by atoms with Gasteiger partial charge in [0.1, 0.15) is 11.9 Å². The van der Waals surface area contributed by atoms with Gasteiger partial charge in [-0.15, -0.1) is 0 Å². The summed E-state index contributed by atoms with van der Waals surface area (Å²) >= 11 is 0. The van der Waals surface area contributed by atoms with Crippen molar-refractivity contribution in [3.05, 3.63) is 86.1 Å². The Kier molecular flexibility index (Phi) is 6.46. The largest absolute Gasteiger partial charge is 0.366 e. The van der Waals surface area contributed by atoms with Gasteiger partial charge in [-0.25, -0.2) is 9.89 Å². The molecule has 7 N–H and O–H groups in total. The Balaban J connectivity index is 1.39. The van der Waals surface area contributed by atoms with Crippen LogP contribution in [0.2, 0.25) is 0 Å². The van der Waals surface area contributed by atoms with Crippen molar-refractivity contribution in [2.24, 2.45) is 17.4 Å². The number of nitriles is 1. The molecule has 2 fully saturated rings. The number of fused-ring (bicyclic) bond motifs is 3. The monoisotopic (exact) mass is 554 g/mol. The number of hydrogen-bond acceptors (Lipinski definition) is 7. The zero-order chi connectivity index (χ0) is 28.9. The predicted molar refractivity (Wildman–Crippen MR) is 147 cm³/mol. The second-order valence-corrected chi connectivity index (χ2v) is 11.1. The molecule has 12 nitrogen and oxygen atoms in total. The van der Waals surface area contributed by atoms with Crippen molar-refractivity contribution in [3.63, 3.8) is 0 Å². The Labute approximate surface area is 235 Å². The molecule has 0 spiro atoms. The molecule has 3 aliphatic rings. The zero-order valence-electron chi connectivity index (χ0n) is 22.3. The normalized spacial score (nSPS) is 21.6. The van der Waals surface area contributed by atoms with E-state index in [1.807, 2.05) is 12.1 Å². The minimum atomic E-state index is -1.01. The molecule has 1 saturated carbocycles.